The molecule has 0 unspecified atom stereocenters. The molecule has 0 heterocycles. The van der Waals surface area contributed by atoms with E-state index >= 15 is 0 Å². The summed E-state index contributed by atoms with van der Waals surface area (Å²) in [5.41, 5.74) is 8.94. The van der Waals surface area contributed by atoms with E-state index in [4.69, 9.17) is 5.53 Å². The third-order valence-corrected chi connectivity index (χ3v) is 1.25. The maximum absolute atomic E-state index is 12.7. The second-order valence-electron chi connectivity index (χ2n) is 2.14. The summed E-state index contributed by atoms with van der Waals surface area (Å²) in [6.07, 6.45) is 0. The van der Waals surface area contributed by atoms with Crippen molar-refractivity contribution in [3.63, 3.8) is 0 Å². The van der Waals surface area contributed by atoms with Crippen LogP contribution in [0.3, 0.4) is 0 Å². The number of nitrogens with zero attached hydrogens (tertiary/aromatic N) is 3. The molecule has 0 bridgehead atoms. The van der Waals surface area contributed by atoms with Crippen LogP contribution in [0.25, 0.3) is 10.4 Å². The van der Waals surface area contributed by atoms with Crippen molar-refractivity contribution in [2.24, 2.45) is 5.11 Å². The molecular weight excluding hydrogens is 145 g/mol. The van der Waals surface area contributed by atoms with Gasteiger partial charge in [-0.15, -0.1) is 0 Å². The summed E-state index contributed by atoms with van der Waals surface area (Å²) < 4.78 is 12.7. The summed E-state index contributed by atoms with van der Waals surface area (Å²) in [6, 6.07) is 4.39. The highest BCUT2D eigenvalue weighted by atomic mass is 19.1. The van der Waals surface area contributed by atoms with Gasteiger partial charge in [-0.2, -0.15) is 0 Å². The van der Waals surface area contributed by atoms with Crippen LogP contribution < -0.4 is 0 Å². The molecule has 0 radical (unpaired) electrons. The molecule has 0 aliphatic rings. The van der Waals surface area contributed by atoms with E-state index in [-0.39, 0.29) is 5.69 Å². The first kappa shape index (κ1) is 7.57. The number of azide groups is 1. The number of hydrogen-bond donors (Lipinski definition) is 0. The average molecular weight is 151 g/mol. The molecule has 56 valence electrons. The zero-order valence-electron chi connectivity index (χ0n) is 5.95. The van der Waals surface area contributed by atoms with Crippen LogP contribution in [-0.2, 0) is 0 Å². The van der Waals surface area contributed by atoms with Crippen LogP contribution in [0.4, 0.5) is 10.1 Å². The molecule has 4 heteroatoms. The number of benzene rings is 1. The first-order valence-corrected chi connectivity index (χ1v) is 3.05. The maximum Gasteiger partial charge on any atom is 0.132 e. The van der Waals surface area contributed by atoms with Gasteiger partial charge in [0.05, 0.1) is 5.69 Å². The van der Waals surface area contributed by atoms with Crippen molar-refractivity contribution in [2.45, 2.75) is 6.92 Å². The molecule has 3 nitrogen and oxygen atoms in total. The Hall–Kier alpha value is -1.54. The molecule has 0 saturated carbocycles. The highest BCUT2D eigenvalue weighted by Gasteiger charge is 1.97. The van der Waals surface area contributed by atoms with Gasteiger partial charge in [0.15, 0.2) is 0 Å². The molecule has 0 aliphatic carbocycles. The molecule has 1 aromatic rings. The molecule has 0 aromatic heterocycles. The summed E-state index contributed by atoms with van der Waals surface area (Å²) in [5.74, 6) is -0.492. The minimum atomic E-state index is -0.492. The minimum absolute atomic E-state index is 0.0486. The Balaban J connectivity index is 3.22. The lowest BCUT2D eigenvalue weighted by atomic mass is 10.2. The Morgan fingerprint density at radius 1 is 1.55 bits per heavy atom. The highest BCUT2D eigenvalue weighted by Crippen LogP contribution is 2.18. The Morgan fingerprint density at radius 2 is 2.27 bits per heavy atom. The van der Waals surface area contributed by atoms with Gasteiger partial charge in [0.1, 0.15) is 5.82 Å². The van der Waals surface area contributed by atoms with E-state index in [1.165, 1.54) is 12.1 Å². The fourth-order valence-corrected chi connectivity index (χ4v) is 0.748. The molecular formula is C7H6FN3. The standard InChI is InChI=1S/C7H6FN3/c1-5-2-3-6(8)7(4-5)10-11-9/h2-4H,1H3. The second kappa shape index (κ2) is 3.03. The molecule has 0 spiro atoms. The lowest BCUT2D eigenvalue weighted by Crippen LogP contribution is -1.75. The Kier molecular flexibility index (Phi) is 2.09. The van der Waals surface area contributed by atoms with Gasteiger partial charge in [-0.05, 0) is 24.6 Å². The number of halogens is 1. The van der Waals surface area contributed by atoms with Gasteiger partial charge < -0.3 is 0 Å². The van der Waals surface area contributed by atoms with Crippen LogP contribution in [0.1, 0.15) is 5.56 Å². The van der Waals surface area contributed by atoms with E-state index < -0.39 is 5.82 Å². The molecule has 0 saturated heterocycles. The Morgan fingerprint density at radius 3 is 2.91 bits per heavy atom. The fraction of sp³-hybridized carbons (Fsp3) is 0.143. The average Bonchev–Trinajstić information content (AvgIpc) is 1.98. The van der Waals surface area contributed by atoms with E-state index in [1.807, 2.05) is 0 Å². The first-order valence-electron chi connectivity index (χ1n) is 3.05. The van der Waals surface area contributed by atoms with Gasteiger partial charge in [0.2, 0.25) is 0 Å². The van der Waals surface area contributed by atoms with Gasteiger partial charge in [-0.3, -0.25) is 0 Å². The van der Waals surface area contributed by atoms with Crippen molar-refractivity contribution in [2.75, 3.05) is 0 Å². The molecule has 0 fully saturated rings. The molecule has 1 rings (SSSR count). The van der Waals surface area contributed by atoms with Gasteiger partial charge >= 0.3 is 0 Å². The van der Waals surface area contributed by atoms with Crippen LogP contribution >= 0.6 is 0 Å². The normalized spacial score (nSPS) is 8.91. The SMILES string of the molecule is Cc1ccc(F)c(N=[N+]=[N-])c1. The van der Waals surface area contributed by atoms with Crippen LogP contribution in [0.2, 0.25) is 0 Å². The van der Waals surface area contributed by atoms with E-state index in [9.17, 15) is 4.39 Å². The topological polar surface area (TPSA) is 48.8 Å². The van der Waals surface area contributed by atoms with E-state index in [0.717, 1.165) is 5.56 Å². The lowest BCUT2D eigenvalue weighted by molar-refractivity contribution is 0.629. The summed E-state index contributed by atoms with van der Waals surface area (Å²) in [6.45, 7) is 1.80. The number of aryl methyl sites for hydroxylation is 1. The molecule has 0 atom stereocenters. The molecule has 1 aromatic carbocycles. The first-order chi connectivity index (χ1) is 5.24. The van der Waals surface area contributed by atoms with Crippen molar-refractivity contribution >= 4 is 5.69 Å². The fourth-order valence-electron chi connectivity index (χ4n) is 0.748. The predicted molar refractivity (Wildman–Crippen MR) is 39.9 cm³/mol. The zero-order valence-corrected chi connectivity index (χ0v) is 5.95. The van der Waals surface area contributed by atoms with Gasteiger partial charge in [0.25, 0.3) is 0 Å². The van der Waals surface area contributed by atoms with Crippen LogP contribution in [0.5, 0.6) is 0 Å². The molecule has 0 amide bonds. The number of rotatable bonds is 1. The third-order valence-electron chi connectivity index (χ3n) is 1.25. The Bertz CT molecular complexity index is 315. The third kappa shape index (κ3) is 1.69. The van der Waals surface area contributed by atoms with Crippen LogP contribution in [0, 0.1) is 12.7 Å². The van der Waals surface area contributed by atoms with Crippen LogP contribution in [-0.4, -0.2) is 0 Å². The van der Waals surface area contributed by atoms with Crippen molar-refractivity contribution in [1.82, 2.24) is 0 Å². The molecule has 0 aliphatic heterocycles. The van der Waals surface area contributed by atoms with Crippen LogP contribution in [0.15, 0.2) is 23.3 Å². The quantitative estimate of drug-likeness (QED) is 0.336. The highest BCUT2D eigenvalue weighted by molar-refractivity contribution is 5.41. The zero-order chi connectivity index (χ0) is 8.27. The summed E-state index contributed by atoms with van der Waals surface area (Å²) >= 11 is 0. The molecule has 11 heavy (non-hydrogen) atoms. The van der Waals surface area contributed by atoms with Crippen molar-refractivity contribution < 1.29 is 4.39 Å². The maximum atomic E-state index is 12.7. The summed E-state index contributed by atoms with van der Waals surface area (Å²) in [5, 5.41) is 3.17. The predicted octanol–water partition coefficient (Wildman–Crippen LogP) is 3.08. The van der Waals surface area contributed by atoms with E-state index in [1.54, 1.807) is 13.0 Å². The summed E-state index contributed by atoms with van der Waals surface area (Å²) in [7, 11) is 0. The summed E-state index contributed by atoms with van der Waals surface area (Å²) in [4.78, 5) is 2.49. The second-order valence-corrected chi connectivity index (χ2v) is 2.14. The van der Waals surface area contributed by atoms with Crippen molar-refractivity contribution in [3.8, 4) is 0 Å². The van der Waals surface area contributed by atoms with Gasteiger partial charge in [-0.25, -0.2) is 4.39 Å². The Labute approximate surface area is 63.1 Å². The van der Waals surface area contributed by atoms with Gasteiger partial charge in [0, 0.05) is 4.91 Å². The largest absolute Gasteiger partial charge is 0.207 e. The van der Waals surface area contributed by atoms with E-state index in [0.29, 0.717) is 0 Å². The van der Waals surface area contributed by atoms with Gasteiger partial charge in [-0.1, -0.05) is 16.7 Å². The van der Waals surface area contributed by atoms with Crippen molar-refractivity contribution in [1.29, 1.82) is 0 Å². The monoisotopic (exact) mass is 151 g/mol. The van der Waals surface area contributed by atoms with Crippen molar-refractivity contribution in [3.05, 3.63) is 40.0 Å². The number of hydrogen-bond acceptors (Lipinski definition) is 1. The minimum Gasteiger partial charge on any atom is -0.207 e. The smallest absolute Gasteiger partial charge is 0.132 e. The van der Waals surface area contributed by atoms with E-state index in [2.05, 4.69) is 10.0 Å². The lowest BCUT2D eigenvalue weighted by Gasteiger charge is -1.95. The molecule has 0 N–H and O–H groups in total.